The maximum atomic E-state index is 13.3. The highest BCUT2D eigenvalue weighted by Gasteiger charge is 2.35. The van der Waals surface area contributed by atoms with Crippen molar-refractivity contribution in [2.24, 2.45) is 0 Å². The SMILES string of the molecule is O=C1NC(=Cc2c(Cc3cccs3)[nH]n(-c3ccccc3)c2=O)C(=O)N1Cc1ccc(C(F)(F)F)cc1. The largest absolute Gasteiger partial charge is 0.416 e. The number of thiophene rings is 1. The molecular weight excluding hydrogens is 505 g/mol. The molecule has 4 aromatic rings. The zero-order valence-electron chi connectivity index (χ0n) is 19.1. The molecule has 3 amide bonds. The van der Waals surface area contributed by atoms with Crippen LogP contribution in [-0.2, 0) is 23.9 Å². The Morgan fingerprint density at radius 2 is 1.65 bits per heavy atom. The van der Waals surface area contributed by atoms with E-state index < -0.39 is 29.2 Å². The van der Waals surface area contributed by atoms with Crippen molar-refractivity contribution in [1.29, 1.82) is 0 Å². The average molecular weight is 525 g/mol. The maximum Gasteiger partial charge on any atom is 0.416 e. The lowest BCUT2D eigenvalue weighted by Crippen LogP contribution is -2.30. The molecule has 188 valence electrons. The van der Waals surface area contributed by atoms with Crippen molar-refractivity contribution in [2.75, 3.05) is 0 Å². The third-order valence-electron chi connectivity index (χ3n) is 5.82. The molecule has 37 heavy (non-hydrogen) atoms. The smallest absolute Gasteiger partial charge is 0.303 e. The highest BCUT2D eigenvalue weighted by atomic mass is 32.1. The lowest BCUT2D eigenvalue weighted by molar-refractivity contribution is -0.137. The third kappa shape index (κ3) is 4.98. The Bertz CT molecular complexity index is 1540. The van der Waals surface area contributed by atoms with Crippen LogP contribution in [0.25, 0.3) is 11.8 Å². The van der Waals surface area contributed by atoms with Gasteiger partial charge in [0.1, 0.15) is 5.70 Å². The fourth-order valence-electron chi connectivity index (χ4n) is 3.97. The Morgan fingerprint density at radius 3 is 2.30 bits per heavy atom. The highest BCUT2D eigenvalue weighted by molar-refractivity contribution is 7.09. The third-order valence-corrected chi connectivity index (χ3v) is 6.70. The van der Waals surface area contributed by atoms with Gasteiger partial charge >= 0.3 is 12.2 Å². The number of rotatable bonds is 6. The van der Waals surface area contributed by atoms with Crippen molar-refractivity contribution in [3.63, 3.8) is 0 Å². The molecule has 0 radical (unpaired) electrons. The second-order valence-electron chi connectivity index (χ2n) is 8.31. The first-order chi connectivity index (χ1) is 17.7. The molecule has 1 aliphatic rings. The van der Waals surface area contributed by atoms with Gasteiger partial charge in [-0.2, -0.15) is 13.2 Å². The van der Waals surface area contributed by atoms with Gasteiger partial charge in [-0.15, -0.1) is 11.3 Å². The number of hydrogen-bond donors (Lipinski definition) is 2. The number of hydrogen-bond acceptors (Lipinski definition) is 4. The van der Waals surface area contributed by atoms with Crippen LogP contribution in [0, 0.1) is 0 Å². The molecule has 5 rings (SSSR count). The molecule has 1 saturated heterocycles. The molecule has 2 N–H and O–H groups in total. The number of alkyl halides is 3. The first-order valence-electron chi connectivity index (χ1n) is 11.1. The molecule has 1 fully saturated rings. The number of H-pyrrole nitrogens is 1. The first-order valence-corrected chi connectivity index (χ1v) is 12.0. The van der Waals surface area contributed by atoms with E-state index in [0.717, 1.165) is 21.9 Å². The molecule has 0 saturated carbocycles. The van der Waals surface area contributed by atoms with Gasteiger partial charge in [0.15, 0.2) is 0 Å². The number of carbonyl (C=O) groups excluding carboxylic acids is 2. The number of para-hydroxylation sites is 1. The van der Waals surface area contributed by atoms with Crippen LogP contribution in [0.15, 0.2) is 82.6 Å². The summed E-state index contributed by atoms with van der Waals surface area (Å²) in [7, 11) is 0. The van der Waals surface area contributed by atoms with Gasteiger partial charge in [-0.25, -0.2) is 9.48 Å². The van der Waals surface area contributed by atoms with Gasteiger partial charge in [-0.3, -0.25) is 19.6 Å². The quantitative estimate of drug-likeness (QED) is 0.277. The molecule has 11 heteroatoms. The number of aromatic nitrogens is 2. The summed E-state index contributed by atoms with van der Waals surface area (Å²) in [5.74, 6) is -0.682. The number of halogens is 3. The van der Waals surface area contributed by atoms with Crippen molar-refractivity contribution in [2.45, 2.75) is 19.1 Å². The van der Waals surface area contributed by atoms with Crippen LogP contribution in [0.4, 0.5) is 18.0 Å². The van der Waals surface area contributed by atoms with Crippen molar-refractivity contribution in [1.82, 2.24) is 20.0 Å². The molecule has 0 atom stereocenters. The van der Waals surface area contributed by atoms with E-state index in [4.69, 9.17) is 0 Å². The van der Waals surface area contributed by atoms with Crippen molar-refractivity contribution in [3.8, 4) is 5.69 Å². The normalized spacial score (nSPS) is 15.0. The summed E-state index contributed by atoms with van der Waals surface area (Å²) >= 11 is 1.52. The lowest BCUT2D eigenvalue weighted by Gasteiger charge is -2.13. The summed E-state index contributed by atoms with van der Waals surface area (Å²) < 4.78 is 39.9. The summed E-state index contributed by atoms with van der Waals surface area (Å²) in [6.07, 6.45) is -2.74. The van der Waals surface area contributed by atoms with E-state index >= 15 is 0 Å². The molecule has 3 heterocycles. The van der Waals surface area contributed by atoms with Crippen LogP contribution in [0.5, 0.6) is 0 Å². The van der Waals surface area contributed by atoms with Crippen LogP contribution in [-0.4, -0.2) is 26.6 Å². The van der Waals surface area contributed by atoms with Gasteiger partial charge in [0.05, 0.1) is 29.1 Å². The Hall–Kier alpha value is -4.38. The molecule has 0 bridgehead atoms. The summed E-state index contributed by atoms with van der Waals surface area (Å²) in [6, 6.07) is 16.2. The summed E-state index contributed by atoms with van der Waals surface area (Å²) in [5, 5.41) is 7.51. The number of carbonyl (C=O) groups is 2. The van der Waals surface area contributed by atoms with E-state index in [2.05, 4.69) is 10.4 Å². The lowest BCUT2D eigenvalue weighted by atomic mass is 10.1. The van der Waals surface area contributed by atoms with E-state index in [0.29, 0.717) is 23.4 Å². The Labute approximate surface area is 212 Å². The number of nitrogens with zero attached hydrogens (tertiary/aromatic N) is 2. The average Bonchev–Trinajstić information content (AvgIpc) is 3.56. The standard InChI is InChI=1S/C26H19F3N4O3S/c27-26(28,29)17-10-8-16(9-11-17)15-32-24(35)22(30-25(32)36)14-20-21(13-19-7-4-12-37-19)31-33(23(20)34)18-5-2-1-3-6-18/h1-12,14,31H,13,15H2,(H,30,36). The van der Waals surface area contributed by atoms with E-state index in [1.54, 1.807) is 24.3 Å². The number of urea groups is 1. The Morgan fingerprint density at radius 1 is 0.919 bits per heavy atom. The minimum absolute atomic E-state index is 0.0966. The number of benzene rings is 2. The minimum Gasteiger partial charge on any atom is -0.303 e. The highest BCUT2D eigenvalue weighted by Crippen LogP contribution is 2.29. The van der Waals surface area contributed by atoms with E-state index in [1.165, 1.54) is 34.2 Å². The second kappa shape index (κ2) is 9.58. The summed E-state index contributed by atoms with van der Waals surface area (Å²) in [4.78, 5) is 40.8. The first kappa shape index (κ1) is 24.3. The van der Waals surface area contributed by atoms with E-state index in [9.17, 15) is 27.6 Å². The number of aromatic amines is 1. The van der Waals surface area contributed by atoms with Crippen LogP contribution in [0.2, 0.25) is 0 Å². The van der Waals surface area contributed by atoms with Crippen LogP contribution < -0.4 is 10.9 Å². The Kier molecular flexibility index (Phi) is 6.30. The van der Waals surface area contributed by atoms with E-state index in [1.807, 2.05) is 23.6 Å². The number of amides is 3. The fourth-order valence-corrected chi connectivity index (χ4v) is 4.68. The van der Waals surface area contributed by atoms with Gasteiger partial charge in [-0.05, 0) is 47.4 Å². The fraction of sp³-hybridized carbons (Fsp3) is 0.115. The van der Waals surface area contributed by atoms with Gasteiger partial charge in [-0.1, -0.05) is 36.4 Å². The minimum atomic E-state index is -4.49. The maximum absolute atomic E-state index is 13.3. The zero-order valence-corrected chi connectivity index (χ0v) is 19.9. The molecule has 2 aromatic heterocycles. The van der Waals surface area contributed by atoms with Crippen LogP contribution in [0.3, 0.4) is 0 Å². The number of imide groups is 1. The predicted molar refractivity (Wildman–Crippen MR) is 132 cm³/mol. The van der Waals surface area contributed by atoms with Crippen molar-refractivity contribution in [3.05, 3.63) is 115 Å². The molecule has 0 unspecified atom stereocenters. The van der Waals surface area contributed by atoms with Gasteiger partial charge in [0.25, 0.3) is 11.5 Å². The molecule has 1 aliphatic heterocycles. The van der Waals surface area contributed by atoms with Gasteiger partial charge in [0.2, 0.25) is 0 Å². The molecule has 0 aliphatic carbocycles. The molecule has 7 nitrogen and oxygen atoms in total. The second-order valence-corrected chi connectivity index (χ2v) is 9.34. The monoisotopic (exact) mass is 524 g/mol. The van der Waals surface area contributed by atoms with Gasteiger partial charge < -0.3 is 5.32 Å². The topological polar surface area (TPSA) is 87.2 Å². The van der Waals surface area contributed by atoms with Gasteiger partial charge in [0, 0.05) is 11.3 Å². The molecular formula is C26H19F3N4O3S. The summed E-state index contributed by atoms with van der Waals surface area (Å²) in [5.41, 5.74) is 0.424. The molecule has 0 spiro atoms. The predicted octanol–water partition coefficient (Wildman–Crippen LogP) is 4.93. The van der Waals surface area contributed by atoms with Crippen molar-refractivity contribution >= 4 is 29.4 Å². The van der Waals surface area contributed by atoms with Crippen LogP contribution in [0.1, 0.15) is 27.3 Å². The number of nitrogens with one attached hydrogen (secondary N) is 2. The van der Waals surface area contributed by atoms with Crippen molar-refractivity contribution < 1.29 is 22.8 Å². The summed E-state index contributed by atoms with van der Waals surface area (Å²) in [6.45, 7) is -0.219. The molecule has 2 aromatic carbocycles. The van der Waals surface area contributed by atoms with E-state index in [-0.39, 0.29) is 17.8 Å². The zero-order chi connectivity index (χ0) is 26.2. The van der Waals surface area contributed by atoms with Crippen LogP contribution >= 0.6 is 11.3 Å². The Balaban J connectivity index is 1.46.